The third-order valence-electron chi connectivity index (χ3n) is 4.49. The number of methoxy groups -OCH3 is 2. The van der Waals surface area contributed by atoms with Crippen LogP contribution in [0.25, 0.3) is 6.08 Å². The molecule has 2 rings (SSSR count). The highest BCUT2D eigenvalue weighted by atomic mass is 79.9. The molecule has 0 N–H and O–H groups in total. The highest BCUT2D eigenvalue weighted by molar-refractivity contribution is 9.10. The fraction of sp³-hybridized carbons (Fsp3) is 0.421. The summed E-state index contributed by atoms with van der Waals surface area (Å²) in [7, 11) is 2.45. The monoisotopic (exact) mass is 408 g/mol. The molecule has 0 bridgehead atoms. The minimum Gasteiger partial charge on any atom is -0.468 e. The van der Waals surface area contributed by atoms with Crippen LogP contribution in [-0.4, -0.2) is 31.9 Å². The van der Waals surface area contributed by atoms with Gasteiger partial charge in [0.25, 0.3) is 0 Å². The van der Waals surface area contributed by atoms with Crippen LogP contribution in [0, 0.1) is 17.8 Å². The van der Waals surface area contributed by atoms with Gasteiger partial charge in [0.15, 0.2) is 5.92 Å². The van der Waals surface area contributed by atoms with Crippen molar-refractivity contribution >= 4 is 39.7 Å². The molecule has 1 aromatic rings. The molecular formula is C19H21BrO5. The minimum atomic E-state index is -1.14. The molecular weight excluding hydrogens is 388 g/mol. The van der Waals surface area contributed by atoms with E-state index < -0.39 is 23.8 Å². The molecule has 0 amide bonds. The number of hydrogen-bond donors (Lipinski definition) is 0. The van der Waals surface area contributed by atoms with E-state index in [1.807, 2.05) is 30.3 Å². The Morgan fingerprint density at radius 2 is 1.76 bits per heavy atom. The Hall–Kier alpha value is -1.95. The fourth-order valence-corrected chi connectivity index (χ4v) is 3.45. The number of benzene rings is 1. The molecule has 25 heavy (non-hydrogen) atoms. The molecule has 5 nitrogen and oxygen atoms in total. The molecule has 0 spiro atoms. The van der Waals surface area contributed by atoms with E-state index in [9.17, 15) is 14.4 Å². The number of esters is 2. The Morgan fingerprint density at radius 1 is 1.16 bits per heavy atom. The highest BCUT2D eigenvalue weighted by Gasteiger charge is 2.43. The Balaban J connectivity index is 2.37. The van der Waals surface area contributed by atoms with Crippen molar-refractivity contribution in [1.29, 1.82) is 0 Å². The number of Topliss-reactive ketones (excluding diaryl/α,β-unsaturated/α-hetero) is 1. The maximum Gasteiger partial charge on any atom is 0.320 e. The van der Waals surface area contributed by atoms with Gasteiger partial charge < -0.3 is 9.47 Å². The topological polar surface area (TPSA) is 69.7 Å². The van der Waals surface area contributed by atoms with E-state index in [0.717, 1.165) is 16.5 Å². The molecule has 0 heterocycles. The first-order valence-corrected chi connectivity index (χ1v) is 8.89. The third-order valence-corrected chi connectivity index (χ3v) is 5.02. The van der Waals surface area contributed by atoms with Crippen molar-refractivity contribution in [2.24, 2.45) is 17.8 Å². The number of rotatable bonds is 6. The zero-order chi connectivity index (χ0) is 18.4. The Kier molecular flexibility index (Phi) is 6.93. The van der Waals surface area contributed by atoms with E-state index in [1.54, 1.807) is 6.08 Å². The normalized spacial score (nSPS) is 18.6. The molecule has 0 aliphatic heterocycles. The van der Waals surface area contributed by atoms with Gasteiger partial charge >= 0.3 is 11.9 Å². The van der Waals surface area contributed by atoms with Crippen molar-refractivity contribution in [2.75, 3.05) is 14.2 Å². The van der Waals surface area contributed by atoms with Crippen LogP contribution in [0.3, 0.4) is 0 Å². The lowest BCUT2D eigenvalue weighted by molar-refractivity contribution is -0.161. The van der Waals surface area contributed by atoms with Crippen molar-refractivity contribution < 1.29 is 23.9 Å². The van der Waals surface area contributed by atoms with Crippen LogP contribution in [0.5, 0.6) is 0 Å². The molecule has 0 aromatic heterocycles. The summed E-state index contributed by atoms with van der Waals surface area (Å²) in [5.41, 5.74) is 0.909. The zero-order valence-electron chi connectivity index (χ0n) is 14.2. The summed E-state index contributed by atoms with van der Waals surface area (Å²) in [4.78, 5) is 36.7. The maximum absolute atomic E-state index is 12.3. The first-order chi connectivity index (χ1) is 12.0. The van der Waals surface area contributed by atoms with E-state index in [-0.39, 0.29) is 11.7 Å². The lowest BCUT2D eigenvalue weighted by atomic mass is 9.79. The summed E-state index contributed by atoms with van der Waals surface area (Å²) >= 11 is 3.38. The number of halogens is 1. The summed E-state index contributed by atoms with van der Waals surface area (Å²) < 4.78 is 10.5. The quantitative estimate of drug-likeness (QED) is 0.532. The second kappa shape index (κ2) is 8.94. The summed E-state index contributed by atoms with van der Waals surface area (Å²) in [6.45, 7) is 0. The van der Waals surface area contributed by atoms with Gasteiger partial charge in [-0.15, -0.1) is 0 Å². The molecule has 2 unspecified atom stereocenters. The van der Waals surface area contributed by atoms with E-state index >= 15 is 0 Å². The molecule has 6 heteroatoms. The zero-order valence-corrected chi connectivity index (χ0v) is 15.8. The van der Waals surface area contributed by atoms with Gasteiger partial charge in [-0.25, -0.2) is 0 Å². The molecule has 1 fully saturated rings. The predicted octanol–water partition coefficient (Wildman–Crippen LogP) is 3.41. The van der Waals surface area contributed by atoms with Gasteiger partial charge in [-0.2, -0.15) is 0 Å². The second-order valence-corrected chi connectivity index (χ2v) is 6.89. The number of ketones is 1. The van der Waals surface area contributed by atoms with Crippen molar-refractivity contribution in [3.8, 4) is 0 Å². The number of hydrogen-bond acceptors (Lipinski definition) is 5. The van der Waals surface area contributed by atoms with Crippen LogP contribution in [0.1, 0.15) is 24.8 Å². The van der Waals surface area contributed by atoms with Crippen LogP contribution in [0.4, 0.5) is 0 Å². The van der Waals surface area contributed by atoms with Crippen LogP contribution in [0.2, 0.25) is 0 Å². The van der Waals surface area contributed by atoms with E-state index in [4.69, 9.17) is 9.47 Å². The highest BCUT2D eigenvalue weighted by Crippen LogP contribution is 2.35. The standard InChI is InChI=1S/C19H21BrO5/c1-24-18(22)17(19(23)25-2)15(14-4-3-5-16(14)21)11-8-12-6-9-13(20)10-7-12/h6-11,14-15,17H,3-5H2,1-2H3/b11-8+. The lowest BCUT2D eigenvalue weighted by Crippen LogP contribution is -2.37. The molecule has 0 saturated heterocycles. The van der Waals surface area contributed by atoms with Gasteiger partial charge in [0.1, 0.15) is 5.78 Å². The van der Waals surface area contributed by atoms with Crippen molar-refractivity contribution in [1.82, 2.24) is 0 Å². The second-order valence-electron chi connectivity index (χ2n) is 5.98. The number of ether oxygens (including phenoxy) is 2. The summed E-state index contributed by atoms with van der Waals surface area (Å²) in [6.07, 6.45) is 5.47. The predicted molar refractivity (Wildman–Crippen MR) is 96.5 cm³/mol. The largest absolute Gasteiger partial charge is 0.468 e. The van der Waals surface area contributed by atoms with Crippen LogP contribution in [0.15, 0.2) is 34.8 Å². The van der Waals surface area contributed by atoms with Gasteiger partial charge in [-0.3, -0.25) is 14.4 Å². The smallest absolute Gasteiger partial charge is 0.320 e. The molecule has 1 aliphatic carbocycles. The molecule has 0 radical (unpaired) electrons. The van der Waals surface area contributed by atoms with Crippen molar-refractivity contribution in [3.05, 3.63) is 40.4 Å². The Labute approximate surface area is 155 Å². The SMILES string of the molecule is COC(=O)C(C(=O)OC)C(/C=C/c1ccc(Br)cc1)C1CCCC1=O. The van der Waals surface area contributed by atoms with Gasteiger partial charge in [0, 0.05) is 22.7 Å². The van der Waals surface area contributed by atoms with Gasteiger partial charge in [-0.05, 0) is 30.5 Å². The van der Waals surface area contributed by atoms with Crippen LogP contribution in [-0.2, 0) is 23.9 Å². The Morgan fingerprint density at radius 3 is 2.24 bits per heavy atom. The fourth-order valence-electron chi connectivity index (χ4n) is 3.19. The Bertz CT molecular complexity index is 649. The van der Waals surface area contributed by atoms with E-state index in [2.05, 4.69) is 15.9 Å². The first kappa shape index (κ1) is 19.4. The molecule has 2 atom stereocenters. The third kappa shape index (κ3) is 4.78. The summed E-state index contributed by atoms with van der Waals surface area (Å²) in [5.74, 6) is -3.40. The number of carbonyl (C=O) groups is 3. The van der Waals surface area contributed by atoms with Crippen LogP contribution < -0.4 is 0 Å². The van der Waals surface area contributed by atoms with E-state index in [0.29, 0.717) is 12.8 Å². The maximum atomic E-state index is 12.3. The van der Waals surface area contributed by atoms with Crippen LogP contribution >= 0.6 is 15.9 Å². The van der Waals surface area contributed by atoms with Crippen molar-refractivity contribution in [2.45, 2.75) is 19.3 Å². The molecule has 1 aromatic carbocycles. The van der Waals surface area contributed by atoms with Gasteiger partial charge in [0.2, 0.25) is 0 Å². The molecule has 1 aliphatic rings. The lowest BCUT2D eigenvalue weighted by Gasteiger charge is -2.25. The minimum absolute atomic E-state index is 0.0725. The molecule has 134 valence electrons. The number of allylic oxidation sites excluding steroid dienone is 1. The van der Waals surface area contributed by atoms with Gasteiger partial charge in [-0.1, -0.05) is 40.2 Å². The number of carbonyl (C=O) groups excluding carboxylic acids is 3. The average molecular weight is 409 g/mol. The van der Waals surface area contributed by atoms with Gasteiger partial charge in [0.05, 0.1) is 14.2 Å². The average Bonchev–Trinajstić information content (AvgIpc) is 3.04. The summed E-state index contributed by atoms with van der Waals surface area (Å²) in [6, 6.07) is 7.60. The van der Waals surface area contributed by atoms with Crippen molar-refractivity contribution in [3.63, 3.8) is 0 Å². The first-order valence-electron chi connectivity index (χ1n) is 8.10. The summed E-state index contributed by atoms with van der Waals surface area (Å²) in [5, 5.41) is 0. The van der Waals surface area contributed by atoms with E-state index in [1.165, 1.54) is 14.2 Å². The molecule has 1 saturated carbocycles.